The van der Waals surface area contributed by atoms with Gasteiger partial charge in [0.15, 0.2) is 5.43 Å². The number of hydrogen-bond donors (Lipinski definition) is 1. The molecule has 0 unspecified atom stereocenters. The van der Waals surface area contributed by atoms with Crippen LogP contribution in [0.2, 0.25) is 0 Å². The third-order valence-corrected chi connectivity index (χ3v) is 7.39. The SMILES string of the molecule is Cc1ccc(N[C@H](C)c2cc(C)cc3c(=O)c(C)c(N4CCC(C)(C)CC4)oc23)c(Br)c1. The Morgan fingerprint density at radius 1 is 1.06 bits per heavy atom. The summed E-state index contributed by atoms with van der Waals surface area (Å²) in [6.45, 7) is 14.6. The van der Waals surface area contributed by atoms with Crippen LogP contribution in [0.25, 0.3) is 11.0 Å². The van der Waals surface area contributed by atoms with Gasteiger partial charge in [-0.05, 0) is 91.2 Å². The highest BCUT2D eigenvalue weighted by atomic mass is 79.9. The van der Waals surface area contributed by atoms with Gasteiger partial charge in [-0.15, -0.1) is 0 Å². The van der Waals surface area contributed by atoms with E-state index in [2.05, 4.69) is 78.1 Å². The van der Waals surface area contributed by atoms with Crippen LogP contribution in [0.4, 0.5) is 11.6 Å². The van der Waals surface area contributed by atoms with Crippen LogP contribution in [0.15, 0.2) is 44.0 Å². The smallest absolute Gasteiger partial charge is 0.202 e. The van der Waals surface area contributed by atoms with Crippen LogP contribution in [0, 0.1) is 26.2 Å². The molecule has 4 nitrogen and oxygen atoms in total. The molecule has 1 saturated heterocycles. The standard InChI is InChI=1S/C27H33BrN2O2/c1-16-7-8-23(22(28)15-16)29-19(4)20-13-17(2)14-21-24(31)18(3)26(32-25(20)21)30-11-9-27(5,6)10-12-30/h7-8,13-15,19,29H,9-12H2,1-6H3/t19-/m1/s1. The van der Waals surface area contributed by atoms with E-state index in [1.807, 2.05) is 19.9 Å². The normalized spacial score (nSPS) is 16.9. The number of benzene rings is 2. The summed E-state index contributed by atoms with van der Waals surface area (Å²) in [7, 11) is 0. The minimum atomic E-state index is -0.0320. The fourth-order valence-electron chi connectivity index (χ4n) is 4.54. The minimum absolute atomic E-state index is 0.0320. The van der Waals surface area contributed by atoms with Crippen LogP contribution in [-0.2, 0) is 0 Å². The number of fused-ring (bicyclic) bond motifs is 1. The molecule has 5 heteroatoms. The Bertz CT molecular complexity index is 1220. The van der Waals surface area contributed by atoms with Gasteiger partial charge in [0.1, 0.15) is 5.58 Å². The minimum Gasteiger partial charge on any atom is -0.440 e. The number of piperidine rings is 1. The van der Waals surface area contributed by atoms with Crippen molar-refractivity contribution in [3.63, 3.8) is 0 Å². The molecule has 0 amide bonds. The van der Waals surface area contributed by atoms with E-state index in [0.717, 1.165) is 53.1 Å². The molecule has 1 fully saturated rings. The van der Waals surface area contributed by atoms with Crippen molar-refractivity contribution in [3.05, 3.63) is 67.3 Å². The summed E-state index contributed by atoms with van der Waals surface area (Å²) in [6, 6.07) is 10.3. The van der Waals surface area contributed by atoms with Crippen LogP contribution in [0.5, 0.6) is 0 Å². The third kappa shape index (κ3) is 4.45. The Labute approximate surface area is 199 Å². The molecule has 4 rings (SSSR count). The van der Waals surface area contributed by atoms with Crippen molar-refractivity contribution >= 4 is 38.5 Å². The molecule has 1 aliphatic rings. The molecule has 0 aliphatic carbocycles. The van der Waals surface area contributed by atoms with Crippen molar-refractivity contribution in [2.24, 2.45) is 5.41 Å². The summed E-state index contributed by atoms with van der Waals surface area (Å²) in [4.78, 5) is 15.6. The number of rotatable bonds is 4. The Balaban J connectivity index is 1.78. The molecular formula is C27H33BrN2O2. The summed E-state index contributed by atoms with van der Waals surface area (Å²) in [6.07, 6.45) is 2.18. The van der Waals surface area contributed by atoms with E-state index in [0.29, 0.717) is 21.9 Å². The first-order valence-electron chi connectivity index (χ1n) is 11.4. The van der Waals surface area contributed by atoms with Crippen molar-refractivity contribution in [3.8, 4) is 0 Å². The van der Waals surface area contributed by atoms with Gasteiger partial charge in [-0.3, -0.25) is 4.79 Å². The van der Waals surface area contributed by atoms with Gasteiger partial charge in [-0.25, -0.2) is 0 Å². The maximum Gasteiger partial charge on any atom is 0.202 e. The second-order valence-corrected chi connectivity index (χ2v) is 10.9. The Morgan fingerprint density at radius 3 is 2.41 bits per heavy atom. The van der Waals surface area contributed by atoms with Crippen molar-refractivity contribution in [1.29, 1.82) is 0 Å². The second-order valence-electron chi connectivity index (χ2n) is 10.1. The topological polar surface area (TPSA) is 45.5 Å². The fraction of sp³-hybridized carbons (Fsp3) is 0.444. The van der Waals surface area contributed by atoms with Gasteiger partial charge in [0.05, 0.1) is 17.0 Å². The zero-order valence-corrected chi connectivity index (χ0v) is 21.5. The number of halogens is 1. The summed E-state index contributed by atoms with van der Waals surface area (Å²) in [5, 5.41) is 4.26. The predicted molar refractivity (Wildman–Crippen MR) is 138 cm³/mol. The van der Waals surface area contributed by atoms with Gasteiger partial charge in [-0.1, -0.05) is 26.0 Å². The first-order valence-corrected chi connectivity index (χ1v) is 12.2. The average molecular weight is 497 g/mol. The summed E-state index contributed by atoms with van der Waals surface area (Å²) in [5.41, 5.74) is 6.08. The van der Waals surface area contributed by atoms with Gasteiger partial charge >= 0.3 is 0 Å². The molecule has 0 radical (unpaired) electrons. The zero-order valence-electron chi connectivity index (χ0n) is 19.9. The molecule has 0 spiro atoms. The monoisotopic (exact) mass is 496 g/mol. The number of nitrogens with one attached hydrogen (secondary N) is 1. The van der Waals surface area contributed by atoms with Crippen molar-refractivity contribution in [2.45, 2.75) is 60.4 Å². The van der Waals surface area contributed by atoms with E-state index in [4.69, 9.17) is 4.42 Å². The lowest BCUT2D eigenvalue weighted by molar-refractivity contribution is 0.274. The number of hydrogen-bond acceptors (Lipinski definition) is 4. The van der Waals surface area contributed by atoms with Gasteiger partial charge in [0.2, 0.25) is 5.88 Å². The largest absolute Gasteiger partial charge is 0.440 e. The molecule has 0 saturated carbocycles. The lowest BCUT2D eigenvalue weighted by Gasteiger charge is -2.37. The second kappa shape index (κ2) is 8.58. The van der Waals surface area contributed by atoms with E-state index in [1.165, 1.54) is 5.56 Å². The molecule has 1 aromatic heterocycles. The Morgan fingerprint density at radius 2 is 1.75 bits per heavy atom. The van der Waals surface area contributed by atoms with E-state index < -0.39 is 0 Å². The van der Waals surface area contributed by atoms with Gasteiger partial charge in [0, 0.05) is 28.8 Å². The van der Waals surface area contributed by atoms with Crippen LogP contribution in [0.3, 0.4) is 0 Å². The predicted octanol–water partition coefficient (Wildman–Crippen LogP) is 7.28. The lowest BCUT2D eigenvalue weighted by atomic mass is 9.82. The van der Waals surface area contributed by atoms with E-state index >= 15 is 0 Å². The van der Waals surface area contributed by atoms with Crippen molar-refractivity contribution < 1.29 is 4.42 Å². The van der Waals surface area contributed by atoms with E-state index in [9.17, 15) is 4.79 Å². The van der Waals surface area contributed by atoms with Crippen molar-refractivity contribution in [2.75, 3.05) is 23.3 Å². The molecule has 3 aromatic rings. The Kier molecular flexibility index (Phi) is 6.15. The van der Waals surface area contributed by atoms with Gasteiger partial charge < -0.3 is 14.6 Å². The molecule has 32 heavy (non-hydrogen) atoms. The zero-order chi connectivity index (χ0) is 23.2. The molecule has 0 bridgehead atoms. The van der Waals surface area contributed by atoms with Crippen LogP contribution in [0.1, 0.15) is 61.9 Å². The molecular weight excluding hydrogens is 464 g/mol. The summed E-state index contributed by atoms with van der Waals surface area (Å²) < 4.78 is 7.57. The van der Waals surface area contributed by atoms with Crippen LogP contribution < -0.4 is 15.6 Å². The highest BCUT2D eigenvalue weighted by molar-refractivity contribution is 9.10. The van der Waals surface area contributed by atoms with Gasteiger partial charge in [0.25, 0.3) is 0 Å². The van der Waals surface area contributed by atoms with Crippen molar-refractivity contribution in [1.82, 2.24) is 0 Å². The first kappa shape index (κ1) is 22.9. The highest BCUT2D eigenvalue weighted by Gasteiger charge is 2.28. The quantitative estimate of drug-likeness (QED) is 0.412. The number of nitrogens with zero attached hydrogens (tertiary/aromatic N) is 1. The Hall–Kier alpha value is -2.27. The van der Waals surface area contributed by atoms with E-state index in [1.54, 1.807) is 0 Å². The van der Waals surface area contributed by atoms with Crippen LogP contribution in [-0.4, -0.2) is 13.1 Å². The molecule has 2 aromatic carbocycles. The molecule has 2 heterocycles. The van der Waals surface area contributed by atoms with Gasteiger partial charge in [-0.2, -0.15) is 0 Å². The molecule has 170 valence electrons. The van der Waals surface area contributed by atoms with E-state index in [-0.39, 0.29) is 11.5 Å². The summed E-state index contributed by atoms with van der Waals surface area (Å²) >= 11 is 3.66. The maximum atomic E-state index is 13.4. The lowest BCUT2D eigenvalue weighted by Crippen LogP contribution is -2.38. The molecule has 1 atom stereocenters. The number of aryl methyl sites for hydroxylation is 2. The molecule has 1 N–H and O–H groups in total. The first-order chi connectivity index (χ1) is 15.1. The maximum absolute atomic E-state index is 13.4. The van der Waals surface area contributed by atoms with Crippen LogP contribution >= 0.6 is 15.9 Å². The number of anilines is 2. The highest BCUT2D eigenvalue weighted by Crippen LogP contribution is 2.36. The summed E-state index contributed by atoms with van der Waals surface area (Å²) in [5.74, 6) is 0.729. The average Bonchev–Trinajstić information content (AvgIpc) is 2.73. The molecule has 1 aliphatic heterocycles. The fourth-order valence-corrected chi connectivity index (χ4v) is 5.15. The third-order valence-electron chi connectivity index (χ3n) is 6.73.